The minimum Gasteiger partial charge on any atom is -0.454 e. The highest BCUT2D eigenvalue weighted by molar-refractivity contribution is 5.76. The number of piperidine rings is 1. The van der Waals surface area contributed by atoms with Gasteiger partial charge in [0.2, 0.25) is 5.91 Å². The fourth-order valence-electron chi connectivity index (χ4n) is 5.38. The molecule has 1 amide bonds. The number of halogens is 1. The second-order valence-electron chi connectivity index (χ2n) is 10.4. The van der Waals surface area contributed by atoms with Crippen molar-refractivity contribution < 1.29 is 23.8 Å². The van der Waals surface area contributed by atoms with Crippen LogP contribution in [0.1, 0.15) is 56.6 Å². The molecule has 0 radical (unpaired) electrons. The Labute approximate surface area is 221 Å². The minimum atomic E-state index is -1.36. The standard InChI is InChI=1S/C30H43FN2O4/c1-22(20-32-3)19-28(34)33-17-10-12-24(21-33)30(35,16-7-8-18-36-4)25-13-9-14-26(31)29(25)37-27-15-6-5-11-23(27)2/h5-6,9,11,13-15,22,24,32,35H,7-8,10,12,16-21H2,1-4H3/t22-,24-,30+/m1/s1. The molecule has 204 valence electrons. The van der Waals surface area contributed by atoms with Gasteiger partial charge in [-0.15, -0.1) is 0 Å². The van der Waals surface area contributed by atoms with Gasteiger partial charge in [-0.2, -0.15) is 0 Å². The number of nitrogens with one attached hydrogen (secondary N) is 1. The maximum absolute atomic E-state index is 15.3. The Bertz CT molecular complexity index is 1020. The minimum absolute atomic E-state index is 0.0529. The Morgan fingerprint density at radius 3 is 2.76 bits per heavy atom. The highest BCUT2D eigenvalue weighted by atomic mass is 19.1. The van der Waals surface area contributed by atoms with Gasteiger partial charge in [0.15, 0.2) is 11.6 Å². The Balaban J connectivity index is 1.94. The van der Waals surface area contributed by atoms with Crippen molar-refractivity contribution in [2.24, 2.45) is 11.8 Å². The second kappa shape index (κ2) is 13.9. The molecule has 0 bridgehead atoms. The van der Waals surface area contributed by atoms with Crippen LogP contribution >= 0.6 is 0 Å². The molecule has 7 heteroatoms. The first-order valence-corrected chi connectivity index (χ1v) is 13.5. The average Bonchev–Trinajstić information content (AvgIpc) is 2.89. The van der Waals surface area contributed by atoms with Gasteiger partial charge in [-0.25, -0.2) is 4.39 Å². The number of unbranched alkanes of at least 4 members (excludes halogenated alkanes) is 1. The van der Waals surface area contributed by atoms with E-state index in [-0.39, 0.29) is 23.5 Å². The van der Waals surface area contributed by atoms with Gasteiger partial charge < -0.3 is 24.8 Å². The third kappa shape index (κ3) is 7.53. The lowest BCUT2D eigenvalue weighted by Gasteiger charge is -2.43. The van der Waals surface area contributed by atoms with Gasteiger partial charge in [0.05, 0.1) is 5.60 Å². The highest BCUT2D eigenvalue weighted by Crippen LogP contribution is 2.45. The van der Waals surface area contributed by atoms with Crippen LogP contribution in [0.15, 0.2) is 42.5 Å². The molecule has 1 heterocycles. The average molecular weight is 515 g/mol. The van der Waals surface area contributed by atoms with Crippen LogP contribution in [0.5, 0.6) is 11.5 Å². The summed E-state index contributed by atoms with van der Waals surface area (Å²) < 4.78 is 26.7. The molecule has 3 atom stereocenters. The zero-order chi connectivity index (χ0) is 26.8. The van der Waals surface area contributed by atoms with Crippen molar-refractivity contribution in [3.8, 4) is 11.5 Å². The molecular formula is C30H43FN2O4. The van der Waals surface area contributed by atoms with E-state index in [1.807, 2.05) is 37.1 Å². The number of nitrogens with zero attached hydrogens (tertiary/aromatic N) is 1. The number of ether oxygens (including phenoxy) is 2. The summed E-state index contributed by atoms with van der Waals surface area (Å²) in [6.07, 6.45) is 3.90. The van der Waals surface area contributed by atoms with E-state index in [0.29, 0.717) is 50.3 Å². The molecular weight excluding hydrogens is 471 g/mol. The van der Waals surface area contributed by atoms with Crippen LogP contribution in [-0.2, 0) is 15.1 Å². The Kier molecular flexibility index (Phi) is 10.9. The van der Waals surface area contributed by atoms with Gasteiger partial charge in [-0.05, 0) is 76.2 Å². The summed E-state index contributed by atoms with van der Waals surface area (Å²) in [4.78, 5) is 15.0. The normalized spacial score (nSPS) is 18.3. The van der Waals surface area contributed by atoms with Crippen LogP contribution in [0.2, 0.25) is 0 Å². The molecule has 2 N–H and O–H groups in total. The molecule has 2 aromatic carbocycles. The number of likely N-dealkylation sites (tertiary alicyclic amines) is 1. The predicted molar refractivity (Wildman–Crippen MR) is 144 cm³/mol. The monoisotopic (exact) mass is 514 g/mol. The first-order chi connectivity index (χ1) is 17.8. The highest BCUT2D eigenvalue weighted by Gasteiger charge is 2.43. The molecule has 6 nitrogen and oxygen atoms in total. The lowest BCUT2D eigenvalue weighted by atomic mass is 9.73. The summed E-state index contributed by atoms with van der Waals surface area (Å²) in [5.74, 6) is 0.175. The molecule has 1 fully saturated rings. The first-order valence-electron chi connectivity index (χ1n) is 13.5. The number of rotatable bonds is 13. The van der Waals surface area contributed by atoms with Gasteiger partial charge in [-0.1, -0.05) is 37.3 Å². The number of amides is 1. The summed E-state index contributed by atoms with van der Waals surface area (Å²) in [6, 6.07) is 12.2. The van der Waals surface area contributed by atoms with Crippen LogP contribution in [0.3, 0.4) is 0 Å². The number of aryl methyl sites for hydroxylation is 1. The predicted octanol–water partition coefficient (Wildman–Crippen LogP) is 5.41. The van der Waals surface area contributed by atoms with Gasteiger partial charge in [0.1, 0.15) is 5.75 Å². The summed E-state index contributed by atoms with van der Waals surface area (Å²) in [7, 11) is 3.55. The molecule has 0 unspecified atom stereocenters. The molecule has 1 aliphatic rings. The number of aliphatic hydroxyl groups is 1. The third-order valence-electron chi connectivity index (χ3n) is 7.42. The number of carbonyl (C=O) groups is 1. The zero-order valence-corrected chi connectivity index (χ0v) is 22.8. The van der Waals surface area contributed by atoms with Crippen molar-refractivity contribution in [3.63, 3.8) is 0 Å². The largest absolute Gasteiger partial charge is 0.454 e. The van der Waals surface area contributed by atoms with Crippen molar-refractivity contribution in [2.45, 2.75) is 58.0 Å². The molecule has 0 saturated carbocycles. The maximum atomic E-state index is 15.3. The number of benzene rings is 2. The fourth-order valence-corrected chi connectivity index (χ4v) is 5.38. The molecule has 2 aromatic rings. The van der Waals surface area contributed by atoms with Crippen LogP contribution in [0.25, 0.3) is 0 Å². The van der Waals surface area contributed by atoms with E-state index in [4.69, 9.17) is 9.47 Å². The molecule has 0 aliphatic carbocycles. The maximum Gasteiger partial charge on any atom is 0.222 e. The van der Waals surface area contributed by atoms with E-state index in [0.717, 1.165) is 31.4 Å². The van der Waals surface area contributed by atoms with Gasteiger partial charge >= 0.3 is 0 Å². The van der Waals surface area contributed by atoms with E-state index in [2.05, 4.69) is 12.2 Å². The van der Waals surface area contributed by atoms with Crippen molar-refractivity contribution in [2.75, 3.05) is 40.4 Å². The van der Waals surface area contributed by atoms with E-state index in [1.165, 1.54) is 6.07 Å². The topological polar surface area (TPSA) is 71.0 Å². The second-order valence-corrected chi connectivity index (χ2v) is 10.4. The van der Waals surface area contributed by atoms with Crippen molar-refractivity contribution in [3.05, 3.63) is 59.4 Å². The quantitative estimate of drug-likeness (QED) is 0.350. The number of hydrogen-bond donors (Lipinski definition) is 2. The van der Waals surface area contributed by atoms with Crippen LogP contribution in [-0.4, -0.2) is 56.3 Å². The first kappa shape index (κ1) is 29.1. The van der Waals surface area contributed by atoms with E-state index in [9.17, 15) is 9.90 Å². The molecule has 1 aliphatic heterocycles. The summed E-state index contributed by atoms with van der Waals surface area (Å²) >= 11 is 0. The van der Waals surface area contributed by atoms with Crippen LogP contribution in [0, 0.1) is 24.6 Å². The van der Waals surface area contributed by atoms with Gasteiger partial charge in [-0.3, -0.25) is 4.79 Å². The fraction of sp³-hybridized carbons (Fsp3) is 0.567. The number of carbonyl (C=O) groups excluding carboxylic acids is 1. The summed E-state index contributed by atoms with van der Waals surface area (Å²) in [5.41, 5.74) is -0.0369. The van der Waals surface area contributed by atoms with Gasteiger partial charge in [0, 0.05) is 44.7 Å². The Morgan fingerprint density at radius 2 is 2.03 bits per heavy atom. The Morgan fingerprint density at radius 1 is 1.24 bits per heavy atom. The van der Waals surface area contributed by atoms with Crippen LogP contribution < -0.4 is 10.1 Å². The smallest absolute Gasteiger partial charge is 0.222 e. The Hall–Kier alpha value is -2.48. The van der Waals surface area contributed by atoms with Crippen molar-refractivity contribution >= 4 is 5.91 Å². The molecule has 3 rings (SSSR count). The molecule has 0 spiro atoms. The van der Waals surface area contributed by atoms with Crippen molar-refractivity contribution in [1.29, 1.82) is 0 Å². The molecule has 37 heavy (non-hydrogen) atoms. The van der Waals surface area contributed by atoms with E-state index < -0.39 is 11.4 Å². The number of methoxy groups -OCH3 is 1. The molecule has 0 aromatic heterocycles. The summed E-state index contributed by atoms with van der Waals surface area (Å²) in [6.45, 7) is 6.44. The van der Waals surface area contributed by atoms with E-state index in [1.54, 1.807) is 25.3 Å². The molecule has 1 saturated heterocycles. The summed E-state index contributed by atoms with van der Waals surface area (Å²) in [5, 5.41) is 15.5. The van der Waals surface area contributed by atoms with Gasteiger partial charge in [0.25, 0.3) is 0 Å². The number of hydrogen-bond acceptors (Lipinski definition) is 5. The number of para-hydroxylation sites is 2. The zero-order valence-electron chi connectivity index (χ0n) is 22.8. The van der Waals surface area contributed by atoms with E-state index >= 15 is 4.39 Å². The van der Waals surface area contributed by atoms with Crippen molar-refractivity contribution in [1.82, 2.24) is 10.2 Å². The lowest BCUT2D eigenvalue weighted by Crippen LogP contribution is -2.48. The third-order valence-corrected chi connectivity index (χ3v) is 7.42. The van der Waals surface area contributed by atoms with Crippen LogP contribution in [0.4, 0.5) is 4.39 Å². The lowest BCUT2D eigenvalue weighted by molar-refractivity contribution is -0.137. The SMILES string of the molecule is CNC[C@H](C)CC(=O)N1CCC[C@@H]([C@@](O)(CCCCOC)c2cccc(F)c2Oc2ccccc2C)C1.